The fourth-order valence-electron chi connectivity index (χ4n) is 11.2. The van der Waals surface area contributed by atoms with Gasteiger partial charge in [-0.05, 0) is 127 Å². The summed E-state index contributed by atoms with van der Waals surface area (Å²) in [7, 11) is 0. The Labute approximate surface area is 338 Å². The van der Waals surface area contributed by atoms with Gasteiger partial charge < -0.3 is 31.5 Å². The molecule has 6 aliphatic rings. The summed E-state index contributed by atoms with van der Waals surface area (Å²) < 4.78 is 5.54. The number of amides is 1. The summed E-state index contributed by atoms with van der Waals surface area (Å²) in [5, 5.41) is 25.1. The molecule has 4 fully saturated rings. The summed E-state index contributed by atoms with van der Waals surface area (Å²) in [4.78, 5) is 12.8. The molecular formula is C42H49KN2O5. The van der Waals surface area contributed by atoms with Gasteiger partial charge >= 0.3 is 57.5 Å². The van der Waals surface area contributed by atoms with Crippen molar-refractivity contribution >= 4 is 6.09 Å². The van der Waals surface area contributed by atoms with Crippen molar-refractivity contribution in [2.24, 2.45) is 16.6 Å². The van der Waals surface area contributed by atoms with Gasteiger partial charge in [-0.15, -0.1) is 0 Å². The van der Waals surface area contributed by atoms with Crippen molar-refractivity contribution in [1.82, 2.24) is 5.32 Å². The molecule has 4 saturated carbocycles. The van der Waals surface area contributed by atoms with Crippen LogP contribution in [0.4, 0.5) is 4.79 Å². The zero-order valence-electron chi connectivity index (χ0n) is 29.7. The minimum Gasteiger partial charge on any atom is -0.870 e. The largest absolute Gasteiger partial charge is 1.00 e. The van der Waals surface area contributed by atoms with E-state index in [9.17, 15) is 15.0 Å². The van der Waals surface area contributed by atoms with Gasteiger partial charge in [0.25, 0.3) is 0 Å². The molecule has 2 spiro atoms. The second-order valence-electron chi connectivity index (χ2n) is 15.9. The summed E-state index contributed by atoms with van der Waals surface area (Å²) in [5.41, 5.74) is 15.7. The number of aliphatic hydroxyl groups is 2. The van der Waals surface area contributed by atoms with Gasteiger partial charge in [0.05, 0.1) is 17.2 Å². The van der Waals surface area contributed by atoms with Gasteiger partial charge in [0.1, 0.15) is 6.61 Å². The number of alkyl carbamates (subject to hydrolysis) is 1. The van der Waals surface area contributed by atoms with Crippen molar-refractivity contribution in [3.05, 3.63) is 130 Å². The second-order valence-corrected chi connectivity index (χ2v) is 15.9. The zero-order chi connectivity index (χ0) is 33.6. The number of benzene rings is 3. The molecule has 0 aliphatic heterocycles. The maximum Gasteiger partial charge on any atom is 1.00 e. The van der Waals surface area contributed by atoms with E-state index in [1.807, 2.05) is 30.3 Å². The first-order valence-electron chi connectivity index (χ1n) is 17.6. The summed E-state index contributed by atoms with van der Waals surface area (Å²) in [5.74, 6) is 0.841. The molecule has 0 heterocycles. The molecule has 0 radical (unpaired) electrons. The Morgan fingerprint density at radius 1 is 0.820 bits per heavy atom. The van der Waals surface area contributed by atoms with Crippen LogP contribution in [0, 0.1) is 24.7 Å². The average molecular weight is 701 g/mol. The third-order valence-electron chi connectivity index (χ3n) is 13.5. The van der Waals surface area contributed by atoms with E-state index in [0.717, 1.165) is 61.7 Å². The van der Waals surface area contributed by atoms with Gasteiger partial charge in [0.15, 0.2) is 0 Å². The monoisotopic (exact) mass is 700 g/mol. The molecule has 6 aliphatic carbocycles. The van der Waals surface area contributed by atoms with E-state index in [4.69, 9.17) is 10.5 Å². The predicted octanol–water partition coefficient (Wildman–Crippen LogP) is 4.70. The molecule has 0 aromatic heterocycles. The fraction of sp³-hybridized carbons (Fsp3) is 0.452. The van der Waals surface area contributed by atoms with Crippen molar-refractivity contribution in [3.63, 3.8) is 0 Å². The van der Waals surface area contributed by atoms with Crippen molar-refractivity contribution in [2.75, 3.05) is 0 Å². The molecular weight excluding hydrogens is 652 g/mol. The molecule has 6 N–H and O–H groups in total. The maximum atomic E-state index is 12.8. The summed E-state index contributed by atoms with van der Waals surface area (Å²) in [6, 6.07) is 22.5. The van der Waals surface area contributed by atoms with Gasteiger partial charge in [-0.1, -0.05) is 79.9 Å². The van der Waals surface area contributed by atoms with Crippen molar-refractivity contribution < 1.29 is 76.6 Å². The van der Waals surface area contributed by atoms with Gasteiger partial charge in [-0.25, -0.2) is 4.79 Å². The minimum absolute atomic E-state index is 0. The van der Waals surface area contributed by atoms with Crippen molar-refractivity contribution in [2.45, 2.75) is 107 Å². The Bertz CT molecular complexity index is 1850. The molecule has 4 bridgehead atoms. The minimum atomic E-state index is -0.805. The van der Waals surface area contributed by atoms with E-state index in [2.05, 4.69) is 68.7 Å². The van der Waals surface area contributed by atoms with Crippen LogP contribution in [0.3, 0.4) is 0 Å². The number of nitrogens with two attached hydrogens (primary N) is 1. The third-order valence-corrected chi connectivity index (χ3v) is 13.5. The molecule has 9 rings (SSSR count). The Morgan fingerprint density at radius 2 is 1.34 bits per heavy atom. The number of carbonyl (C=O) groups is 1. The Morgan fingerprint density at radius 3 is 1.96 bits per heavy atom. The topological polar surface area (TPSA) is 135 Å². The smallest absolute Gasteiger partial charge is 0.870 e. The standard InChI is InChI=1S/C25H27NO3.C17H21NO.K.H2O/c1-16-7-6-10-19-20-11-12-25(28)15-24(20,13-17(25)2)22(21(16)19)26-23(27)29-14-18-8-4-3-5-9-18;1-10-4-3-5-12-13-6-7-17(19)9-16(13,8-11(17)2)15(18)14(10)12;;/h3-10,20,22,28H,2,11-15H2,1H3,(H,26,27);3-5,13,15,19H,2,6-9,18H2,1H3;;1H2/q;;+1;/p-1/t20-,22-,24-,25-;13-,15-,16-,17-;;/m00../s1. The average Bonchev–Trinajstić information content (AvgIpc) is 3.62. The summed E-state index contributed by atoms with van der Waals surface area (Å²) in [6.45, 7) is 12.8. The number of hydrogen-bond acceptors (Lipinski definition) is 6. The van der Waals surface area contributed by atoms with Gasteiger partial charge in [-0.3, -0.25) is 0 Å². The van der Waals surface area contributed by atoms with Crippen LogP contribution in [0.5, 0.6) is 0 Å². The molecule has 3 aromatic carbocycles. The van der Waals surface area contributed by atoms with E-state index in [1.54, 1.807) is 0 Å². The van der Waals surface area contributed by atoms with Gasteiger partial charge in [-0.2, -0.15) is 0 Å². The normalized spacial score (nSPS) is 34.9. The molecule has 8 heteroatoms. The number of aryl methyl sites for hydroxylation is 2. The van der Waals surface area contributed by atoms with Gasteiger partial charge in [0, 0.05) is 16.9 Å². The van der Waals surface area contributed by atoms with Gasteiger partial charge in [0.2, 0.25) is 0 Å². The van der Waals surface area contributed by atoms with Crippen LogP contribution >= 0.6 is 0 Å². The second kappa shape index (κ2) is 13.4. The van der Waals surface area contributed by atoms with Crippen LogP contribution in [0.15, 0.2) is 91.0 Å². The first kappa shape index (κ1) is 37.6. The number of fused-ring (bicyclic) bond motifs is 6. The van der Waals surface area contributed by atoms with E-state index in [0.29, 0.717) is 18.3 Å². The summed E-state index contributed by atoms with van der Waals surface area (Å²) >= 11 is 0. The predicted molar refractivity (Wildman–Crippen MR) is 189 cm³/mol. The van der Waals surface area contributed by atoms with Crippen LogP contribution < -0.4 is 62.4 Å². The molecule has 8 atom stereocenters. The SMILES string of the molecule is C=C1C[C@]23C[C@@]1(O)CC[C@H]2c1cccc(C)c1[C@@H]3N.C=C1C[C@]23C[C@@]1(O)CC[C@H]2c1cccc(C)c1[C@@H]3NC(=O)OCc1ccccc1.[K+].[OH-]. The Balaban J connectivity index is 0.000000179. The first-order valence-corrected chi connectivity index (χ1v) is 17.6. The molecule has 7 nitrogen and oxygen atoms in total. The molecule has 258 valence electrons. The quantitative estimate of drug-likeness (QED) is 0.231. The first-order chi connectivity index (χ1) is 22.9. The number of nitrogens with one attached hydrogen (secondary N) is 1. The maximum absolute atomic E-state index is 12.8. The van der Waals surface area contributed by atoms with E-state index >= 15 is 0 Å². The van der Waals surface area contributed by atoms with E-state index in [-0.39, 0.29) is 86.4 Å². The third kappa shape index (κ3) is 5.57. The van der Waals surface area contributed by atoms with Crippen LogP contribution in [-0.4, -0.2) is 33.0 Å². The van der Waals surface area contributed by atoms with E-state index in [1.165, 1.54) is 33.4 Å². The molecule has 1 amide bonds. The molecule has 50 heavy (non-hydrogen) atoms. The molecule has 3 aromatic rings. The Hall–Kier alpha value is -2.11. The number of ether oxygens (including phenoxy) is 1. The zero-order valence-corrected chi connectivity index (χ0v) is 32.8. The van der Waals surface area contributed by atoms with Crippen LogP contribution in [0.25, 0.3) is 0 Å². The number of rotatable bonds is 3. The molecule has 0 saturated heterocycles. The fourth-order valence-corrected chi connectivity index (χ4v) is 11.2. The summed E-state index contributed by atoms with van der Waals surface area (Å²) in [6.07, 6.45) is 6.24. The number of hydrogen-bond donors (Lipinski definition) is 4. The van der Waals surface area contributed by atoms with Crippen molar-refractivity contribution in [1.29, 1.82) is 0 Å². The van der Waals surface area contributed by atoms with Crippen LogP contribution in [-0.2, 0) is 11.3 Å². The number of carbonyl (C=O) groups excluding carboxylic acids is 1. The van der Waals surface area contributed by atoms with Crippen LogP contribution in [0.2, 0.25) is 0 Å². The van der Waals surface area contributed by atoms with Crippen molar-refractivity contribution in [3.8, 4) is 0 Å². The Kier molecular flexibility index (Phi) is 10.1. The molecule has 0 unspecified atom stereocenters. The van der Waals surface area contributed by atoms with E-state index < -0.39 is 17.3 Å². The van der Waals surface area contributed by atoms with Crippen LogP contribution in [0.1, 0.15) is 114 Å².